The first kappa shape index (κ1) is 11.8. The Hall–Kier alpha value is -1.29. The number of fused-ring (bicyclic) bond motifs is 1. The van der Waals surface area contributed by atoms with Crippen LogP contribution in [-0.4, -0.2) is 30.3 Å². The highest BCUT2D eigenvalue weighted by atomic mass is 16.5. The smallest absolute Gasteiger partial charge is 0.129 e. The van der Waals surface area contributed by atoms with E-state index in [1.54, 1.807) is 0 Å². The van der Waals surface area contributed by atoms with Gasteiger partial charge in [0.2, 0.25) is 0 Å². The molecule has 0 spiro atoms. The summed E-state index contributed by atoms with van der Waals surface area (Å²) in [5, 5.41) is 0. The van der Waals surface area contributed by atoms with Gasteiger partial charge in [-0.15, -0.1) is 0 Å². The van der Waals surface area contributed by atoms with E-state index in [1.807, 2.05) is 19.1 Å². The van der Waals surface area contributed by atoms with Crippen molar-refractivity contribution in [3.05, 3.63) is 17.8 Å². The predicted molar refractivity (Wildman–Crippen MR) is 72.7 cm³/mol. The molecule has 1 aromatic heterocycles. The Labute approximate surface area is 108 Å². The van der Waals surface area contributed by atoms with Crippen molar-refractivity contribution in [2.75, 3.05) is 23.8 Å². The number of aromatic nitrogens is 1. The maximum atomic E-state index is 5.89. The van der Waals surface area contributed by atoms with E-state index >= 15 is 0 Å². The van der Waals surface area contributed by atoms with Crippen LogP contribution in [0.5, 0.6) is 0 Å². The summed E-state index contributed by atoms with van der Waals surface area (Å²) < 4.78 is 5.89. The first-order valence-corrected chi connectivity index (χ1v) is 6.87. The molecule has 2 atom stereocenters. The molecule has 0 radical (unpaired) electrons. The molecule has 1 saturated heterocycles. The molecule has 1 saturated carbocycles. The minimum absolute atomic E-state index is 0.396. The zero-order chi connectivity index (χ0) is 12.5. The summed E-state index contributed by atoms with van der Waals surface area (Å²) in [7, 11) is 0. The molecule has 2 N–H and O–H groups in total. The van der Waals surface area contributed by atoms with E-state index in [9.17, 15) is 0 Å². The summed E-state index contributed by atoms with van der Waals surface area (Å²) in [4.78, 5) is 7.05. The number of hydrogen-bond acceptors (Lipinski definition) is 4. The molecular formula is C14H21N3O. The predicted octanol–water partition coefficient (Wildman–Crippen LogP) is 2.12. The monoisotopic (exact) mass is 247 g/mol. The quantitative estimate of drug-likeness (QED) is 0.826. The van der Waals surface area contributed by atoms with Crippen molar-refractivity contribution < 1.29 is 4.74 Å². The van der Waals surface area contributed by atoms with E-state index in [1.165, 1.54) is 25.7 Å². The lowest BCUT2D eigenvalue weighted by Crippen LogP contribution is -2.53. The molecule has 2 heterocycles. The lowest BCUT2D eigenvalue weighted by atomic mass is 9.90. The van der Waals surface area contributed by atoms with E-state index < -0.39 is 0 Å². The van der Waals surface area contributed by atoms with Crippen LogP contribution in [-0.2, 0) is 4.74 Å². The highest BCUT2D eigenvalue weighted by Gasteiger charge is 2.34. The third-order valence-electron chi connectivity index (χ3n) is 4.14. The van der Waals surface area contributed by atoms with E-state index in [2.05, 4.69) is 9.88 Å². The Kier molecular flexibility index (Phi) is 3.12. The number of morpholine rings is 1. The minimum Gasteiger partial charge on any atom is -0.397 e. The molecule has 1 aliphatic heterocycles. The van der Waals surface area contributed by atoms with Gasteiger partial charge in [0.05, 0.1) is 30.1 Å². The highest BCUT2D eigenvalue weighted by molar-refractivity contribution is 5.51. The van der Waals surface area contributed by atoms with Crippen LogP contribution in [0.2, 0.25) is 0 Å². The van der Waals surface area contributed by atoms with E-state index in [0.29, 0.717) is 12.1 Å². The Bertz CT molecular complexity index is 433. The van der Waals surface area contributed by atoms with Crippen LogP contribution < -0.4 is 10.6 Å². The van der Waals surface area contributed by atoms with Crippen LogP contribution in [0.1, 0.15) is 31.4 Å². The Morgan fingerprint density at radius 2 is 2.17 bits per heavy atom. The standard InChI is InChI=1S/C14H21N3O/c1-10-11(15)6-7-14(16-10)17-8-9-18-13-5-3-2-4-12(13)17/h6-7,12-13H,2-5,8-9,15H2,1H3. The number of anilines is 2. The van der Waals surface area contributed by atoms with Crippen molar-refractivity contribution in [3.63, 3.8) is 0 Å². The average molecular weight is 247 g/mol. The second-order valence-corrected chi connectivity index (χ2v) is 5.30. The van der Waals surface area contributed by atoms with Crippen LogP contribution in [0, 0.1) is 6.92 Å². The SMILES string of the molecule is Cc1nc(N2CCOC3CCCCC32)ccc1N. The molecule has 2 aliphatic rings. The van der Waals surface area contributed by atoms with Crippen molar-refractivity contribution in [2.24, 2.45) is 0 Å². The van der Waals surface area contributed by atoms with Crippen molar-refractivity contribution in [3.8, 4) is 0 Å². The van der Waals surface area contributed by atoms with Gasteiger partial charge in [0, 0.05) is 6.54 Å². The van der Waals surface area contributed by atoms with Crippen molar-refractivity contribution in [1.29, 1.82) is 0 Å². The molecule has 0 aromatic carbocycles. The maximum Gasteiger partial charge on any atom is 0.129 e. The third kappa shape index (κ3) is 2.05. The number of hydrogen-bond donors (Lipinski definition) is 1. The summed E-state index contributed by atoms with van der Waals surface area (Å²) in [5.74, 6) is 1.06. The Balaban J connectivity index is 1.87. The summed E-state index contributed by atoms with van der Waals surface area (Å²) in [5.41, 5.74) is 7.54. The van der Waals surface area contributed by atoms with E-state index in [4.69, 9.17) is 10.5 Å². The van der Waals surface area contributed by atoms with Gasteiger partial charge < -0.3 is 15.4 Å². The fourth-order valence-corrected chi connectivity index (χ4v) is 3.10. The maximum absolute atomic E-state index is 5.89. The second-order valence-electron chi connectivity index (χ2n) is 5.30. The summed E-state index contributed by atoms with van der Waals surface area (Å²) >= 11 is 0. The number of aryl methyl sites for hydroxylation is 1. The number of ether oxygens (including phenoxy) is 1. The molecule has 4 heteroatoms. The van der Waals surface area contributed by atoms with Crippen molar-refractivity contribution in [1.82, 2.24) is 4.98 Å². The van der Waals surface area contributed by atoms with Crippen LogP contribution in [0.15, 0.2) is 12.1 Å². The van der Waals surface area contributed by atoms with Crippen LogP contribution in [0.25, 0.3) is 0 Å². The Morgan fingerprint density at radius 3 is 3.00 bits per heavy atom. The Morgan fingerprint density at radius 1 is 1.33 bits per heavy atom. The second kappa shape index (κ2) is 4.76. The molecule has 2 fully saturated rings. The van der Waals surface area contributed by atoms with Gasteiger partial charge in [0.1, 0.15) is 5.82 Å². The zero-order valence-corrected chi connectivity index (χ0v) is 10.9. The number of pyridine rings is 1. The number of nitrogens with zero attached hydrogens (tertiary/aromatic N) is 2. The van der Waals surface area contributed by atoms with E-state index in [0.717, 1.165) is 30.4 Å². The molecule has 2 unspecified atom stereocenters. The van der Waals surface area contributed by atoms with Gasteiger partial charge in [-0.25, -0.2) is 4.98 Å². The van der Waals surface area contributed by atoms with Crippen molar-refractivity contribution >= 4 is 11.5 Å². The molecule has 0 amide bonds. The number of nitrogens with two attached hydrogens (primary N) is 1. The van der Waals surface area contributed by atoms with Gasteiger partial charge in [0.25, 0.3) is 0 Å². The van der Waals surface area contributed by atoms with Gasteiger partial charge in [-0.3, -0.25) is 0 Å². The lowest BCUT2D eigenvalue weighted by molar-refractivity contribution is -0.00899. The molecule has 1 aromatic rings. The van der Waals surface area contributed by atoms with Crippen LogP contribution >= 0.6 is 0 Å². The number of rotatable bonds is 1. The molecule has 1 aliphatic carbocycles. The largest absolute Gasteiger partial charge is 0.397 e. The highest BCUT2D eigenvalue weighted by Crippen LogP contribution is 2.31. The molecule has 98 valence electrons. The first-order valence-electron chi connectivity index (χ1n) is 6.87. The normalized spacial score (nSPS) is 27.9. The minimum atomic E-state index is 0.396. The summed E-state index contributed by atoms with van der Waals surface area (Å²) in [6, 6.07) is 4.51. The summed E-state index contributed by atoms with van der Waals surface area (Å²) in [6.07, 6.45) is 5.40. The zero-order valence-electron chi connectivity index (χ0n) is 10.9. The van der Waals surface area contributed by atoms with Gasteiger partial charge in [0.15, 0.2) is 0 Å². The van der Waals surface area contributed by atoms with Gasteiger partial charge in [-0.2, -0.15) is 0 Å². The fraction of sp³-hybridized carbons (Fsp3) is 0.643. The summed E-state index contributed by atoms with van der Waals surface area (Å²) in [6.45, 7) is 3.72. The topological polar surface area (TPSA) is 51.4 Å². The molecule has 3 rings (SSSR count). The fourth-order valence-electron chi connectivity index (χ4n) is 3.10. The van der Waals surface area contributed by atoms with Crippen LogP contribution in [0.4, 0.5) is 11.5 Å². The van der Waals surface area contributed by atoms with E-state index in [-0.39, 0.29) is 0 Å². The average Bonchev–Trinajstić information content (AvgIpc) is 2.41. The van der Waals surface area contributed by atoms with Gasteiger partial charge in [-0.05, 0) is 31.9 Å². The van der Waals surface area contributed by atoms with Crippen LogP contribution in [0.3, 0.4) is 0 Å². The molecule has 4 nitrogen and oxygen atoms in total. The third-order valence-corrected chi connectivity index (χ3v) is 4.14. The molecular weight excluding hydrogens is 226 g/mol. The molecule has 18 heavy (non-hydrogen) atoms. The van der Waals surface area contributed by atoms with Gasteiger partial charge >= 0.3 is 0 Å². The lowest BCUT2D eigenvalue weighted by Gasteiger charge is -2.44. The van der Waals surface area contributed by atoms with Gasteiger partial charge in [-0.1, -0.05) is 12.8 Å². The number of nitrogen functional groups attached to an aromatic ring is 1. The van der Waals surface area contributed by atoms with Crippen molar-refractivity contribution in [2.45, 2.75) is 44.8 Å². The first-order chi connectivity index (χ1) is 8.75. The molecule has 0 bridgehead atoms.